The fourth-order valence-corrected chi connectivity index (χ4v) is 4.79. The molecule has 0 saturated carbocycles. The zero-order valence-corrected chi connectivity index (χ0v) is 25.1. The van der Waals surface area contributed by atoms with Gasteiger partial charge in [0.25, 0.3) is 0 Å². The first-order chi connectivity index (χ1) is 19.8. The topological polar surface area (TPSA) is 55.4 Å². The minimum Gasteiger partial charge on any atom is -0.487 e. The van der Waals surface area contributed by atoms with Crippen molar-refractivity contribution in [3.8, 4) is 23.0 Å². The van der Waals surface area contributed by atoms with E-state index in [0.29, 0.717) is 52.9 Å². The monoisotopic (exact) mass is 556 g/mol. The zero-order valence-electron chi connectivity index (χ0n) is 25.1. The standard InChI is InChI=1S/C34H52O6/c1-3-5-7-9-11-13-29-15-17-31-33(27-29)39-25-21-35-20-24-38-32-18-16-30(14-12-10-8-6-4-2)28-34(32)40-26-22-36-19-23-37-31/h15-18,27-28H,3-14,19-26H2,1-2H3. The largest absolute Gasteiger partial charge is 0.487 e. The van der Waals surface area contributed by atoms with Crippen LogP contribution in [0.2, 0.25) is 0 Å². The van der Waals surface area contributed by atoms with Crippen LogP contribution < -0.4 is 18.9 Å². The molecule has 3 rings (SSSR count). The first kappa shape index (κ1) is 32.1. The molecule has 1 aliphatic rings. The molecular weight excluding hydrogens is 504 g/mol. The van der Waals surface area contributed by atoms with Crippen LogP contribution in [0, 0.1) is 0 Å². The van der Waals surface area contributed by atoms with Crippen LogP contribution in [0.25, 0.3) is 0 Å². The van der Waals surface area contributed by atoms with Gasteiger partial charge >= 0.3 is 0 Å². The number of hydrogen-bond donors (Lipinski definition) is 0. The van der Waals surface area contributed by atoms with Crippen LogP contribution in [0.1, 0.15) is 89.2 Å². The molecule has 6 heteroatoms. The summed E-state index contributed by atoms with van der Waals surface area (Å²) in [5, 5.41) is 0. The molecule has 1 heterocycles. The van der Waals surface area contributed by atoms with E-state index in [2.05, 4.69) is 38.1 Å². The minimum atomic E-state index is 0.450. The molecule has 0 fully saturated rings. The van der Waals surface area contributed by atoms with Gasteiger partial charge in [-0.15, -0.1) is 0 Å². The number of aryl methyl sites for hydroxylation is 2. The Morgan fingerprint density at radius 2 is 0.800 bits per heavy atom. The Bertz CT molecular complexity index is 855. The molecule has 224 valence electrons. The first-order valence-electron chi connectivity index (χ1n) is 15.7. The Morgan fingerprint density at radius 1 is 0.425 bits per heavy atom. The molecule has 2 aromatic carbocycles. The average molecular weight is 557 g/mol. The van der Waals surface area contributed by atoms with Gasteiger partial charge in [0, 0.05) is 0 Å². The molecule has 0 unspecified atom stereocenters. The molecule has 0 radical (unpaired) electrons. The number of fused-ring (bicyclic) bond motifs is 2. The predicted molar refractivity (Wildman–Crippen MR) is 161 cm³/mol. The van der Waals surface area contributed by atoms with Gasteiger partial charge in [-0.2, -0.15) is 0 Å². The van der Waals surface area contributed by atoms with E-state index in [0.717, 1.165) is 35.8 Å². The maximum atomic E-state index is 6.09. The molecule has 0 spiro atoms. The molecule has 0 saturated heterocycles. The van der Waals surface area contributed by atoms with E-state index in [-0.39, 0.29) is 0 Å². The van der Waals surface area contributed by atoms with E-state index in [9.17, 15) is 0 Å². The lowest BCUT2D eigenvalue weighted by Crippen LogP contribution is -2.15. The summed E-state index contributed by atoms with van der Waals surface area (Å²) >= 11 is 0. The molecule has 0 bridgehead atoms. The van der Waals surface area contributed by atoms with Crippen LogP contribution in [-0.4, -0.2) is 52.9 Å². The van der Waals surface area contributed by atoms with Crippen LogP contribution in [0.4, 0.5) is 0 Å². The highest BCUT2D eigenvalue weighted by molar-refractivity contribution is 5.44. The van der Waals surface area contributed by atoms with Gasteiger partial charge in [0.1, 0.15) is 26.4 Å². The summed E-state index contributed by atoms with van der Waals surface area (Å²) in [5.41, 5.74) is 2.56. The maximum absolute atomic E-state index is 6.09. The van der Waals surface area contributed by atoms with Gasteiger partial charge in [-0.1, -0.05) is 77.3 Å². The fraction of sp³-hybridized carbons (Fsp3) is 0.647. The van der Waals surface area contributed by atoms with Gasteiger partial charge in [-0.3, -0.25) is 0 Å². The summed E-state index contributed by atoms with van der Waals surface area (Å²) in [7, 11) is 0. The number of unbranched alkanes of at least 4 members (excludes halogenated alkanes) is 8. The van der Waals surface area contributed by atoms with Crippen LogP contribution >= 0.6 is 0 Å². The van der Waals surface area contributed by atoms with Crippen molar-refractivity contribution < 1.29 is 28.4 Å². The second-order valence-corrected chi connectivity index (χ2v) is 10.5. The van der Waals surface area contributed by atoms with Gasteiger partial charge in [0.2, 0.25) is 0 Å². The third-order valence-electron chi connectivity index (χ3n) is 7.10. The van der Waals surface area contributed by atoms with Crippen molar-refractivity contribution in [3.63, 3.8) is 0 Å². The Kier molecular flexibility index (Phi) is 16.4. The van der Waals surface area contributed by atoms with E-state index < -0.39 is 0 Å². The number of rotatable bonds is 12. The van der Waals surface area contributed by atoms with E-state index in [1.54, 1.807) is 0 Å². The second-order valence-electron chi connectivity index (χ2n) is 10.5. The van der Waals surface area contributed by atoms with Gasteiger partial charge in [0.05, 0.1) is 26.4 Å². The Labute approximate surface area is 242 Å². The van der Waals surface area contributed by atoms with Gasteiger partial charge in [-0.05, 0) is 61.1 Å². The molecule has 0 amide bonds. The van der Waals surface area contributed by atoms with Crippen molar-refractivity contribution in [2.45, 2.75) is 90.9 Å². The van der Waals surface area contributed by atoms with Gasteiger partial charge in [0.15, 0.2) is 23.0 Å². The van der Waals surface area contributed by atoms with Crippen molar-refractivity contribution in [1.82, 2.24) is 0 Å². The van der Waals surface area contributed by atoms with E-state index >= 15 is 0 Å². The molecule has 0 aromatic heterocycles. The van der Waals surface area contributed by atoms with Crippen molar-refractivity contribution in [2.75, 3.05) is 52.9 Å². The molecule has 1 aliphatic heterocycles. The molecular formula is C34H52O6. The van der Waals surface area contributed by atoms with Crippen LogP contribution in [0.15, 0.2) is 36.4 Å². The molecule has 40 heavy (non-hydrogen) atoms. The van der Waals surface area contributed by atoms with E-state index in [4.69, 9.17) is 28.4 Å². The van der Waals surface area contributed by atoms with Crippen molar-refractivity contribution in [2.24, 2.45) is 0 Å². The highest BCUT2D eigenvalue weighted by atomic mass is 16.6. The lowest BCUT2D eigenvalue weighted by atomic mass is 10.1. The lowest BCUT2D eigenvalue weighted by molar-refractivity contribution is 0.0640. The third-order valence-corrected chi connectivity index (χ3v) is 7.10. The quantitative estimate of drug-likeness (QED) is 0.247. The number of benzene rings is 2. The predicted octanol–water partition coefficient (Wildman–Crippen LogP) is 7.97. The van der Waals surface area contributed by atoms with E-state index in [1.807, 2.05) is 12.1 Å². The minimum absolute atomic E-state index is 0.450. The van der Waals surface area contributed by atoms with Gasteiger partial charge < -0.3 is 28.4 Å². The highest BCUT2D eigenvalue weighted by Gasteiger charge is 2.10. The molecule has 6 nitrogen and oxygen atoms in total. The van der Waals surface area contributed by atoms with Crippen molar-refractivity contribution in [3.05, 3.63) is 47.5 Å². The van der Waals surface area contributed by atoms with Crippen molar-refractivity contribution >= 4 is 0 Å². The first-order valence-corrected chi connectivity index (χ1v) is 15.7. The number of hydrogen-bond acceptors (Lipinski definition) is 6. The van der Waals surface area contributed by atoms with Gasteiger partial charge in [-0.25, -0.2) is 0 Å². The summed E-state index contributed by atoms with van der Waals surface area (Å²) in [6.45, 7) is 8.22. The summed E-state index contributed by atoms with van der Waals surface area (Å²) in [4.78, 5) is 0. The Morgan fingerprint density at radius 3 is 1.20 bits per heavy atom. The zero-order chi connectivity index (χ0) is 28.1. The lowest BCUT2D eigenvalue weighted by Gasteiger charge is -2.17. The molecule has 0 aliphatic carbocycles. The third kappa shape index (κ3) is 12.8. The summed E-state index contributed by atoms with van der Waals surface area (Å²) in [6.07, 6.45) is 14.8. The normalized spacial score (nSPS) is 15.2. The SMILES string of the molecule is CCCCCCCc1ccc2c(c1)OCCOCCOc1ccc(CCCCCCC)cc1OCCOCCO2. The summed E-state index contributed by atoms with van der Waals surface area (Å²) in [6, 6.07) is 12.6. The van der Waals surface area contributed by atoms with Crippen LogP contribution in [-0.2, 0) is 22.3 Å². The average Bonchev–Trinajstić information content (AvgIpc) is 2.97. The fourth-order valence-electron chi connectivity index (χ4n) is 4.79. The van der Waals surface area contributed by atoms with E-state index in [1.165, 1.54) is 75.3 Å². The summed E-state index contributed by atoms with van der Waals surface area (Å²) in [5.74, 6) is 3.03. The number of ether oxygens (including phenoxy) is 6. The Hall–Kier alpha value is -2.44. The summed E-state index contributed by atoms with van der Waals surface area (Å²) < 4.78 is 35.8. The van der Waals surface area contributed by atoms with Crippen LogP contribution in [0.3, 0.4) is 0 Å². The molecule has 0 N–H and O–H groups in total. The maximum Gasteiger partial charge on any atom is 0.161 e. The smallest absolute Gasteiger partial charge is 0.161 e. The molecule has 2 aromatic rings. The molecule has 0 atom stereocenters. The van der Waals surface area contributed by atoms with Crippen LogP contribution in [0.5, 0.6) is 23.0 Å². The highest BCUT2D eigenvalue weighted by Crippen LogP contribution is 2.30. The van der Waals surface area contributed by atoms with Crippen molar-refractivity contribution in [1.29, 1.82) is 0 Å². The second kappa shape index (κ2) is 20.4. The Balaban J connectivity index is 1.52.